The molecule has 0 spiro atoms. The van der Waals surface area contributed by atoms with Crippen molar-refractivity contribution in [2.24, 2.45) is 23.5 Å². The molecule has 103 heavy (non-hydrogen) atoms. The van der Waals surface area contributed by atoms with Gasteiger partial charge in [-0.15, -0.1) is 0 Å². The Kier molecular flexibility index (Phi) is 27.9. The molecular weight excluding hydrogens is 1340 g/mol. The standard InChI is InChI=1S/C29H45N3O3S.C28H44N2O3S.C28H44N2O2S/c1-20-26(36(34,35)31-14-13-27(30)33)18-25(32(20)19-21-11-9-8-10-12-21)22-15-23(28(2,3)4)17-24(16-22)29(5,6)7;1-20-26(34(32,33)29-13-14-31)18-25(30(20)19-21-11-9-8-10-12-21)22-15-23(27(2,3)4)17-24(16-22)28(5,6)7;1-9-29-33(31,32)26-18-25(30(20(26)2)19-21-13-11-10-12-14-21)22-15-23(27(3,4)5)17-24(16-22)28(6,7)8/h15-18,21,31H,8-14,19H2,1-7H3,(H2,30,33);15-18,21,29,31H,8-14,19H2,1-7H3;15-18,21,29H,9-14,19H2,1-8H3. The number of rotatable bonds is 21. The Morgan fingerprint density at radius 3 is 0.835 bits per heavy atom. The van der Waals surface area contributed by atoms with Gasteiger partial charge in [-0.2, -0.15) is 0 Å². The van der Waals surface area contributed by atoms with Crippen LogP contribution in [0.1, 0.15) is 285 Å². The van der Waals surface area contributed by atoms with Gasteiger partial charge in [-0.3, -0.25) is 4.79 Å². The fraction of sp³-hybridized carbons (Fsp3) is 0.635. The van der Waals surface area contributed by atoms with Crippen LogP contribution in [0, 0.1) is 38.5 Å². The summed E-state index contributed by atoms with van der Waals surface area (Å²) in [6.45, 7) is 50.4. The number of aliphatic hydroxyl groups is 1. The Morgan fingerprint density at radius 1 is 0.388 bits per heavy atom. The van der Waals surface area contributed by atoms with Crippen LogP contribution < -0.4 is 19.9 Å². The van der Waals surface area contributed by atoms with Crippen molar-refractivity contribution in [3.05, 3.63) is 123 Å². The minimum absolute atomic E-state index is 0.00448. The molecule has 0 bridgehead atoms. The van der Waals surface area contributed by atoms with Gasteiger partial charge in [0.25, 0.3) is 0 Å². The van der Waals surface area contributed by atoms with E-state index in [1.54, 1.807) is 0 Å². The fourth-order valence-electron chi connectivity index (χ4n) is 14.8. The number of hydrogen-bond donors (Lipinski definition) is 5. The summed E-state index contributed by atoms with van der Waals surface area (Å²) < 4.78 is 93.5. The summed E-state index contributed by atoms with van der Waals surface area (Å²) in [5, 5.41) is 9.18. The van der Waals surface area contributed by atoms with Crippen LogP contribution in [0.15, 0.2) is 87.5 Å². The fourth-order valence-corrected chi connectivity index (χ4v) is 18.7. The third-order valence-corrected chi connectivity index (χ3v) is 26.4. The highest BCUT2D eigenvalue weighted by molar-refractivity contribution is 7.90. The number of nitrogens with two attached hydrogens (primary N) is 1. The van der Waals surface area contributed by atoms with Gasteiger partial charge in [-0.25, -0.2) is 39.4 Å². The van der Waals surface area contributed by atoms with Gasteiger partial charge in [0.05, 0.1) is 6.61 Å². The van der Waals surface area contributed by atoms with Crippen molar-refractivity contribution in [3.63, 3.8) is 0 Å². The molecule has 3 aliphatic rings. The first-order chi connectivity index (χ1) is 47.6. The van der Waals surface area contributed by atoms with Crippen molar-refractivity contribution in [2.45, 2.75) is 322 Å². The smallest absolute Gasteiger partial charge is 0.242 e. The lowest BCUT2D eigenvalue weighted by molar-refractivity contribution is -0.117. The van der Waals surface area contributed by atoms with Crippen LogP contribution in [-0.4, -0.2) is 76.2 Å². The zero-order valence-electron chi connectivity index (χ0n) is 67.4. The Labute approximate surface area is 623 Å². The maximum atomic E-state index is 13.3. The number of nitrogens with one attached hydrogen (secondary N) is 3. The second-order valence-corrected chi connectivity index (χ2v) is 41.6. The normalized spacial score (nSPS) is 16.1. The van der Waals surface area contributed by atoms with E-state index in [1.807, 2.05) is 45.9 Å². The first-order valence-electron chi connectivity index (χ1n) is 38.5. The molecule has 574 valence electrons. The number of aromatic nitrogens is 3. The van der Waals surface area contributed by atoms with Crippen LogP contribution in [0.2, 0.25) is 0 Å². The maximum Gasteiger partial charge on any atom is 0.242 e. The molecule has 0 aliphatic heterocycles. The molecular formula is C85H133N7O8S3. The number of hydrogen-bond acceptors (Lipinski definition) is 8. The summed E-state index contributed by atoms with van der Waals surface area (Å²) in [7, 11) is -11.0. The summed E-state index contributed by atoms with van der Waals surface area (Å²) in [6.07, 6.45) is 18.5. The molecule has 0 saturated heterocycles. The van der Waals surface area contributed by atoms with Crippen LogP contribution in [-0.2, 0) is 87.0 Å². The van der Waals surface area contributed by atoms with Crippen LogP contribution >= 0.6 is 0 Å². The number of sulfonamides is 3. The van der Waals surface area contributed by atoms with Crippen LogP contribution in [0.3, 0.4) is 0 Å². The minimum Gasteiger partial charge on any atom is -0.395 e. The molecule has 3 heterocycles. The van der Waals surface area contributed by atoms with Gasteiger partial charge in [0.1, 0.15) is 14.7 Å². The quantitative estimate of drug-likeness (QED) is 0.0466. The van der Waals surface area contributed by atoms with E-state index in [4.69, 9.17) is 5.73 Å². The summed E-state index contributed by atoms with van der Waals surface area (Å²) in [4.78, 5) is 12.2. The summed E-state index contributed by atoms with van der Waals surface area (Å²) in [5.41, 5.74) is 21.1. The van der Waals surface area contributed by atoms with E-state index >= 15 is 0 Å². The van der Waals surface area contributed by atoms with Crippen molar-refractivity contribution in [2.75, 3.05) is 26.2 Å². The average Bonchev–Trinajstić information content (AvgIpc) is 1.66. The molecule has 3 aromatic heterocycles. The molecule has 1 amide bonds. The Balaban J connectivity index is 0.000000216. The Hall–Kier alpha value is -5.34. The molecule has 15 nitrogen and oxygen atoms in total. The van der Waals surface area contributed by atoms with E-state index in [0.29, 0.717) is 34.1 Å². The Morgan fingerprint density at radius 2 is 0.621 bits per heavy atom. The molecule has 3 fully saturated rings. The molecule has 6 aromatic rings. The SMILES string of the molecule is CCNS(=O)(=O)c1cc(-c2cc(C(C)(C)C)cc(C(C)(C)C)c2)n(CC2CCCCC2)c1C.Cc1c(S(=O)(=O)NCCC(N)=O)cc(-c2cc(C(C)(C)C)cc(C(C)(C)C)c2)n1CC1CCCCC1.Cc1c(S(=O)(=O)NCCO)cc(-c2cc(C(C)(C)C)cc(C(C)(C)C)c2)n1CC1CCCCC1. The van der Waals surface area contributed by atoms with E-state index in [-0.39, 0.29) is 63.5 Å². The van der Waals surface area contributed by atoms with Gasteiger partial charge in [0, 0.05) is 79.9 Å². The first-order valence-corrected chi connectivity index (χ1v) is 43.0. The molecule has 9 rings (SSSR count). The molecule has 0 radical (unpaired) electrons. The molecule has 0 atom stereocenters. The summed E-state index contributed by atoms with van der Waals surface area (Å²) >= 11 is 0. The molecule has 0 unspecified atom stereocenters. The second-order valence-electron chi connectivity index (χ2n) is 36.4. The lowest BCUT2D eigenvalue weighted by Gasteiger charge is -2.27. The third-order valence-electron chi connectivity index (χ3n) is 21.6. The van der Waals surface area contributed by atoms with Gasteiger partial charge < -0.3 is 24.5 Å². The van der Waals surface area contributed by atoms with Crippen molar-refractivity contribution in [1.82, 2.24) is 27.9 Å². The summed E-state index contributed by atoms with van der Waals surface area (Å²) in [6, 6.07) is 25.9. The predicted molar refractivity (Wildman–Crippen MR) is 428 cm³/mol. The van der Waals surface area contributed by atoms with Crippen molar-refractivity contribution in [3.8, 4) is 33.8 Å². The van der Waals surface area contributed by atoms with E-state index in [9.17, 15) is 35.2 Å². The molecule has 3 aromatic carbocycles. The molecule has 6 N–H and O–H groups in total. The number of carbonyl (C=O) groups is 1. The number of aliphatic hydroxyl groups excluding tert-OH is 1. The van der Waals surface area contributed by atoms with E-state index in [0.717, 1.165) is 70.5 Å². The van der Waals surface area contributed by atoms with Crippen molar-refractivity contribution < 1.29 is 35.2 Å². The lowest BCUT2D eigenvalue weighted by Crippen LogP contribution is -2.28. The molecule has 3 saturated carbocycles. The highest BCUT2D eigenvalue weighted by Gasteiger charge is 2.33. The second kappa shape index (κ2) is 33.8. The summed E-state index contributed by atoms with van der Waals surface area (Å²) in [5.74, 6) is 1.17. The van der Waals surface area contributed by atoms with Gasteiger partial charge in [0.15, 0.2) is 0 Å². The Bertz CT molecular complexity index is 4130. The number of carbonyl (C=O) groups excluding carboxylic acids is 1. The largest absolute Gasteiger partial charge is 0.395 e. The van der Waals surface area contributed by atoms with E-state index < -0.39 is 36.0 Å². The monoisotopic (exact) mass is 1480 g/mol. The topological polar surface area (TPSA) is 217 Å². The average molecular weight is 1480 g/mol. The predicted octanol–water partition coefficient (Wildman–Crippen LogP) is 18.6. The highest BCUT2D eigenvalue weighted by Crippen LogP contribution is 2.43. The van der Waals surface area contributed by atoms with Gasteiger partial charge in [-0.1, -0.05) is 208 Å². The van der Waals surface area contributed by atoms with Gasteiger partial charge in [0.2, 0.25) is 36.0 Å². The zero-order chi connectivity index (χ0) is 76.8. The third kappa shape index (κ3) is 22.4. The number of nitrogens with zero attached hydrogens (tertiary/aromatic N) is 3. The van der Waals surface area contributed by atoms with E-state index in [1.165, 1.54) is 130 Å². The van der Waals surface area contributed by atoms with Crippen molar-refractivity contribution >= 4 is 36.0 Å². The lowest BCUT2D eigenvalue weighted by atomic mass is 9.79. The van der Waals surface area contributed by atoms with E-state index in [2.05, 4.69) is 207 Å². The molecule has 18 heteroatoms. The number of benzene rings is 3. The van der Waals surface area contributed by atoms with Crippen LogP contribution in [0.5, 0.6) is 0 Å². The number of primary amides is 1. The minimum atomic E-state index is -3.79. The first kappa shape index (κ1) is 84.9. The maximum absolute atomic E-state index is 13.3. The molecule has 3 aliphatic carbocycles. The number of amides is 1. The zero-order valence-corrected chi connectivity index (χ0v) is 69.8. The van der Waals surface area contributed by atoms with Crippen LogP contribution in [0.25, 0.3) is 33.8 Å². The van der Waals surface area contributed by atoms with Gasteiger partial charge in [-0.05, 0) is 214 Å². The highest BCUT2D eigenvalue weighted by atomic mass is 32.2. The van der Waals surface area contributed by atoms with Crippen molar-refractivity contribution in [1.29, 1.82) is 0 Å². The van der Waals surface area contributed by atoms with Crippen LogP contribution in [0.4, 0.5) is 0 Å². The van der Waals surface area contributed by atoms with Gasteiger partial charge >= 0.3 is 0 Å².